The molecule has 0 unspecified atom stereocenters. The monoisotopic (exact) mass is 439 g/mol. The summed E-state index contributed by atoms with van der Waals surface area (Å²) in [4.78, 5) is 37.6. The first-order valence-corrected chi connectivity index (χ1v) is 10.3. The average Bonchev–Trinajstić information content (AvgIpc) is 2.67. The summed E-state index contributed by atoms with van der Waals surface area (Å²) in [6.07, 6.45) is -0.368. The Balaban J connectivity index is 2.07. The number of amides is 1. The van der Waals surface area contributed by atoms with Crippen LogP contribution in [0.25, 0.3) is 10.8 Å². The number of phenolic OH excluding ortho intramolecular Hbond substituents is 2. The van der Waals surface area contributed by atoms with E-state index in [9.17, 15) is 34.8 Å². The molecule has 8 nitrogen and oxygen atoms in total. The van der Waals surface area contributed by atoms with Crippen molar-refractivity contribution in [2.24, 2.45) is 11.7 Å². The lowest BCUT2D eigenvalue weighted by Gasteiger charge is -2.42. The van der Waals surface area contributed by atoms with Crippen LogP contribution in [0.2, 0.25) is 0 Å². The second-order valence-electron chi connectivity index (χ2n) is 9.67. The van der Waals surface area contributed by atoms with E-state index >= 15 is 0 Å². The molecule has 0 saturated heterocycles. The third-order valence-corrected chi connectivity index (χ3v) is 6.79. The number of aliphatic hydroxyl groups is 2. The number of aromatic hydroxyl groups is 2. The van der Waals surface area contributed by atoms with Crippen LogP contribution >= 0.6 is 0 Å². The Morgan fingerprint density at radius 2 is 1.72 bits per heavy atom. The fraction of sp³-hybridized carbons (Fsp3) is 0.375. The molecule has 0 bridgehead atoms. The smallest absolute Gasteiger partial charge is 0.255 e. The van der Waals surface area contributed by atoms with Crippen LogP contribution in [0.5, 0.6) is 11.5 Å². The molecule has 4 rings (SSSR count). The number of aliphatic hydroxyl groups excluding tert-OH is 1. The fourth-order valence-electron chi connectivity index (χ4n) is 5.06. The average molecular weight is 439 g/mol. The molecule has 168 valence electrons. The van der Waals surface area contributed by atoms with Gasteiger partial charge in [0.1, 0.15) is 22.8 Å². The molecular formula is C24H25NO7. The normalized spacial score (nSPS) is 23.3. The first-order valence-electron chi connectivity index (χ1n) is 10.3. The van der Waals surface area contributed by atoms with Gasteiger partial charge >= 0.3 is 0 Å². The molecule has 0 radical (unpaired) electrons. The van der Waals surface area contributed by atoms with Crippen molar-refractivity contribution in [3.8, 4) is 11.5 Å². The quantitative estimate of drug-likeness (QED) is 0.426. The molecule has 2 aromatic carbocycles. The fourth-order valence-corrected chi connectivity index (χ4v) is 5.06. The minimum Gasteiger partial charge on any atom is -0.508 e. The molecule has 6 N–H and O–H groups in total. The molecule has 32 heavy (non-hydrogen) atoms. The predicted molar refractivity (Wildman–Crippen MR) is 116 cm³/mol. The Hall–Kier alpha value is -3.39. The Labute approximate surface area is 184 Å². The molecule has 8 heteroatoms. The molecule has 2 aliphatic carbocycles. The summed E-state index contributed by atoms with van der Waals surface area (Å²) < 4.78 is 0. The van der Waals surface area contributed by atoms with Gasteiger partial charge in [0, 0.05) is 17.9 Å². The number of aryl methyl sites for hydroxylation is 1. The molecule has 0 saturated carbocycles. The highest BCUT2D eigenvalue weighted by Gasteiger charge is 2.58. The van der Waals surface area contributed by atoms with Crippen LogP contribution in [0.3, 0.4) is 0 Å². The van der Waals surface area contributed by atoms with Crippen LogP contribution in [-0.2, 0) is 21.4 Å². The minimum absolute atomic E-state index is 0.00344. The maximum absolute atomic E-state index is 13.5. The lowest BCUT2D eigenvalue weighted by atomic mass is 9.63. The summed E-state index contributed by atoms with van der Waals surface area (Å²) in [6.45, 7) is 7.40. The largest absolute Gasteiger partial charge is 0.508 e. The van der Waals surface area contributed by atoms with E-state index in [1.54, 1.807) is 19.1 Å². The first-order chi connectivity index (χ1) is 14.7. The minimum atomic E-state index is -2.58. The number of carbonyl (C=O) groups excluding carboxylic acids is 3. The second kappa shape index (κ2) is 6.56. The molecule has 2 aromatic rings. The highest BCUT2D eigenvalue weighted by molar-refractivity contribution is 6.23. The number of benzene rings is 2. The van der Waals surface area contributed by atoms with Gasteiger partial charge in [-0.05, 0) is 35.3 Å². The van der Waals surface area contributed by atoms with Gasteiger partial charge in [0.05, 0.1) is 10.9 Å². The lowest BCUT2D eigenvalue weighted by molar-refractivity contribution is -0.125. The number of hydrogen-bond donors (Lipinski definition) is 5. The van der Waals surface area contributed by atoms with Crippen LogP contribution < -0.4 is 5.73 Å². The van der Waals surface area contributed by atoms with E-state index in [-0.39, 0.29) is 29.5 Å². The van der Waals surface area contributed by atoms with Crippen LogP contribution in [0.15, 0.2) is 23.5 Å². The third kappa shape index (κ3) is 2.62. The highest BCUT2D eigenvalue weighted by Crippen LogP contribution is 2.51. The molecule has 1 amide bonds. The molecule has 2 atom stereocenters. The summed E-state index contributed by atoms with van der Waals surface area (Å²) >= 11 is 0. The van der Waals surface area contributed by atoms with Crippen molar-refractivity contribution in [1.29, 1.82) is 0 Å². The number of carbonyl (C=O) groups is 3. The number of nitrogens with two attached hydrogens (primary N) is 1. The molecule has 0 heterocycles. The van der Waals surface area contributed by atoms with Crippen molar-refractivity contribution >= 4 is 28.2 Å². The molecule has 0 aliphatic heterocycles. The van der Waals surface area contributed by atoms with Crippen LogP contribution in [-0.4, -0.2) is 43.5 Å². The summed E-state index contributed by atoms with van der Waals surface area (Å²) in [5, 5.41) is 44.6. The number of rotatable bonds is 1. The van der Waals surface area contributed by atoms with Gasteiger partial charge in [0.15, 0.2) is 11.4 Å². The maximum atomic E-state index is 13.5. The van der Waals surface area contributed by atoms with Crippen molar-refractivity contribution in [1.82, 2.24) is 0 Å². The van der Waals surface area contributed by atoms with Crippen LogP contribution in [0.4, 0.5) is 0 Å². The number of fused-ring (bicyclic) bond motifs is 3. The number of primary amides is 1. The Bertz CT molecular complexity index is 1280. The Morgan fingerprint density at radius 3 is 2.28 bits per heavy atom. The van der Waals surface area contributed by atoms with Gasteiger partial charge in [-0.1, -0.05) is 32.9 Å². The van der Waals surface area contributed by atoms with Gasteiger partial charge in [-0.25, -0.2) is 0 Å². The van der Waals surface area contributed by atoms with Crippen molar-refractivity contribution in [2.45, 2.75) is 51.6 Å². The zero-order chi connectivity index (χ0) is 23.9. The molecule has 2 aliphatic rings. The molecular weight excluding hydrogens is 414 g/mol. The summed E-state index contributed by atoms with van der Waals surface area (Å²) in [5.41, 5.74) is 2.67. The first kappa shape index (κ1) is 21.8. The number of hydrogen-bond acceptors (Lipinski definition) is 7. The van der Waals surface area contributed by atoms with Gasteiger partial charge in [-0.2, -0.15) is 0 Å². The van der Waals surface area contributed by atoms with E-state index in [4.69, 9.17) is 5.73 Å². The highest BCUT2D eigenvalue weighted by atomic mass is 16.3. The van der Waals surface area contributed by atoms with E-state index < -0.39 is 51.5 Å². The van der Waals surface area contributed by atoms with E-state index in [0.29, 0.717) is 22.1 Å². The topological polar surface area (TPSA) is 158 Å². The van der Waals surface area contributed by atoms with Crippen LogP contribution in [0, 0.1) is 12.8 Å². The summed E-state index contributed by atoms with van der Waals surface area (Å²) in [7, 11) is 0. The van der Waals surface area contributed by atoms with E-state index in [1.807, 2.05) is 20.8 Å². The number of Topliss-reactive ketones (excluding diaryl/α,β-unsaturated/α-hetero) is 2. The van der Waals surface area contributed by atoms with Crippen molar-refractivity contribution in [2.75, 3.05) is 0 Å². The Morgan fingerprint density at radius 1 is 1.09 bits per heavy atom. The zero-order valence-electron chi connectivity index (χ0n) is 18.2. The molecule has 0 aromatic heterocycles. The van der Waals surface area contributed by atoms with Crippen molar-refractivity contribution in [3.05, 3.63) is 45.7 Å². The molecule has 0 fully saturated rings. The van der Waals surface area contributed by atoms with Gasteiger partial charge in [-0.3, -0.25) is 14.4 Å². The van der Waals surface area contributed by atoms with E-state index in [2.05, 4.69) is 0 Å². The Kier molecular flexibility index (Phi) is 4.47. The lowest BCUT2D eigenvalue weighted by Crippen LogP contribution is -2.56. The third-order valence-electron chi connectivity index (χ3n) is 6.79. The van der Waals surface area contributed by atoms with Crippen molar-refractivity contribution < 1.29 is 34.8 Å². The van der Waals surface area contributed by atoms with Crippen molar-refractivity contribution in [3.63, 3.8) is 0 Å². The zero-order valence-corrected chi connectivity index (χ0v) is 18.2. The standard InChI is InChI=1S/C24H25NO7/c1-9-11-5-6-13(23(2,3)4)18(27)15(11)19(28)16-12(9)7-10-8-14(26)17(22(25)31)21(30)24(10,32)20(16)29/h5-6,10,27-28,30,32H,7-8H2,1-4H3,(H2,25,31)/t10-,24-/m0/s1. The van der Waals surface area contributed by atoms with Gasteiger partial charge in [-0.15, -0.1) is 0 Å². The maximum Gasteiger partial charge on any atom is 0.255 e. The summed E-state index contributed by atoms with van der Waals surface area (Å²) in [6, 6.07) is 3.51. The van der Waals surface area contributed by atoms with Gasteiger partial charge < -0.3 is 26.2 Å². The summed E-state index contributed by atoms with van der Waals surface area (Å²) in [5.74, 6) is -5.87. The predicted octanol–water partition coefficient (Wildman–Crippen LogP) is 2.21. The number of phenols is 2. The van der Waals surface area contributed by atoms with E-state index in [1.165, 1.54) is 0 Å². The molecule has 0 spiro atoms. The van der Waals surface area contributed by atoms with Gasteiger partial charge in [0.2, 0.25) is 5.78 Å². The van der Waals surface area contributed by atoms with Gasteiger partial charge in [0.25, 0.3) is 5.91 Å². The van der Waals surface area contributed by atoms with Crippen LogP contribution in [0.1, 0.15) is 54.2 Å². The SMILES string of the molecule is Cc1c2c(c(O)c3c(O)c(C(C)(C)C)ccc13)C(=O)[C@]1(O)C(O)=C(C(N)=O)C(=O)C[C@@H]1C2. The number of ketones is 2. The second-order valence-corrected chi connectivity index (χ2v) is 9.67. The van der Waals surface area contributed by atoms with E-state index in [0.717, 1.165) is 0 Å².